The van der Waals surface area contributed by atoms with Crippen molar-refractivity contribution in [3.8, 4) is 23.2 Å². The second-order valence-corrected chi connectivity index (χ2v) is 6.82. The van der Waals surface area contributed by atoms with Crippen molar-refractivity contribution in [2.24, 2.45) is 5.73 Å². The number of pyridine rings is 1. The highest BCUT2D eigenvalue weighted by atomic mass is 16.5. The first-order valence-corrected chi connectivity index (χ1v) is 9.44. The summed E-state index contributed by atoms with van der Waals surface area (Å²) < 4.78 is 5.63. The number of nitrogens with two attached hydrogens (primary N) is 1. The molecule has 0 aliphatic carbocycles. The van der Waals surface area contributed by atoms with Gasteiger partial charge in [0, 0.05) is 22.4 Å². The molecule has 5 heteroatoms. The number of hydrogen-bond acceptors (Lipinski definition) is 4. The van der Waals surface area contributed by atoms with Crippen LogP contribution in [0.15, 0.2) is 48.5 Å². The fourth-order valence-electron chi connectivity index (χ4n) is 3.68. The maximum absolute atomic E-state index is 9.31. The predicted molar refractivity (Wildman–Crippen MR) is 112 cm³/mol. The van der Waals surface area contributed by atoms with Gasteiger partial charge >= 0.3 is 0 Å². The van der Waals surface area contributed by atoms with Gasteiger partial charge in [-0.1, -0.05) is 12.1 Å². The quantitative estimate of drug-likeness (QED) is 0.488. The molecule has 2 aromatic heterocycles. The standard InChI is InChI=1S/C23H22N4O/c1-28-22-13-21(26-19-8-3-2-7-17(19)22)23-16(6-4-5-11-24)18-12-15(14-25)9-10-20(18)27-23/h2-3,7-10,12-13,27H,4-6,11,24H2,1H3. The predicted octanol–water partition coefficient (Wildman–Crippen LogP) is 4.54. The van der Waals surface area contributed by atoms with E-state index in [1.165, 1.54) is 5.56 Å². The number of nitrogens with one attached hydrogen (secondary N) is 1. The van der Waals surface area contributed by atoms with E-state index in [0.717, 1.165) is 58.2 Å². The lowest BCUT2D eigenvalue weighted by Gasteiger charge is -2.10. The molecule has 0 saturated carbocycles. The molecule has 0 aliphatic rings. The number of nitriles is 1. The molecule has 3 N–H and O–H groups in total. The summed E-state index contributed by atoms with van der Waals surface area (Å²) in [5, 5.41) is 11.4. The fourth-order valence-corrected chi connectivity index (χ4v) is 3.68. The smallest absolute Gasteiger partial charge is 0.130 e. The monoisotopic (exact) mass is 370 g/mol. The first kappa shape index (κ1) is 18.0. The largest absolute Gasteiger partial charge is 0.496 e. The lowest BCUT2D eigenvalue weighted by Crippen LogP contribution is -2.00. The normalized spacial score (nSPS) is 11.0. The van der Waals surface area contributed by atoms with Gasteiger partial charge in [0.25, 0.3) is 0 Å². The van der Waals surface area contributed by atoms with E-state index in [1.54, 1.807) is 7.11 Å². The maximum Gasteiger partial charge on any atom is 0.130 e. The average Bonchev–Trinajstić information content (AvgIpc) is 3.10. The van der Waals surface area contributed by atoms with Crippen LogP contribution in [0.25, 0.3) is 33.2 Å². The second-order valence-electron chi connectivity index (χ2n) is 6.82. The number of aromatic amines is 1. The zero-order chi connectivity index (χ0) is 19.5. The topological polar surface area (TPSA) is 87.7 Å². The number of methoxy groups -OCH3 is 1. The van der Waals surface area contributed by atoms with E-state index in [0.29, 0.717) is 12.1 Å². The van der Waals surface area contributed by atoms with Gasteiger partial charge in [-0.2, -0.15) is 5.26 Å². The molecule has 0 atom stereocenters. The Bertz CT molecular complexity index is 1190. The number of H-pyrrole nitrogens is 1. The Morgan fingerprint density at radius 1 is 1.11 bits per heavy atom. The number of unbranched alkanes of at least 4 members (excludes halogenated alkanes) is 1. The molecule has 0 fully saturated rings. The Hall–Kier alpha value is -3.36. The van der Waals surface area contributed by atoms with Crippen LogP contribution in [0.3, 0.4) is 0 Å². The zero-order valence-corrected chi connectivity index (χ0v) is 15.8. The summed E-state index contributed by atoms with van der Waals surface area (Å²) in [6.07, 6.45) is 2.81. The lowest BCUT2D eigenvalue weighted by molar-refractivity contribution is 0.419. The first-order valence-electron chi connectivity index (χ1n) is 9.44. The molecule has 0 spiro atoms. The summed E-state index contributed by atoms with van der Waals surface area (Å²) in [6, 6.07) is 17.9. The Morgan fingerprint density at radius 2 is 1.96 bits per heavy atom. The van der Waals surface area contributed by atoms with E-state index in [4.69, 9.17) is 15.5 Å². The van der Waals surface area contributed by atoms with Crippen molar-refractivity contribution in [3.63, 3.8) is 0 Å². The Morgan fingerprint density at radius 3 is 2.75 bits per heavy atom. The van der Waals surface area contributed by atoms with E-state index in [1.807, 2.05) is 48.5 Å². The third-order valence-electron chi connectivity index (χ3n) is 5.07. The van der Waals surface area contributed by atoms with E-state index in [-0.39, 0.29) is 0 Å². The molecule has 2 heterocycles. The van der Waals surface area contributed by atoms with Crippen LogP contribution in [0.1, 0.15) is 24.0 Å². The van der Waals surface area contributed by atoms with Crippen LogP contribution in [0.5, 0.6) is 5.75 Å². The number of aryl methyl sites for hydroxylation is 1. The van der Waals surface area contributed by atoms with Crippen molar-refractivity contribution in [3.05, 3.63) is 59.7 Å². The van der Waals surface area contributed by atoms with E-state index >= 15 is 0 Å². The molecular formula is C23H22N4O. The Labute approximate surface area is 163 Å². The minimum absolute atomic E-state index is 0.655. The number of para-hydroxylation sites is 1. The molecule has 4 rings (SSSR count). The molecule has 0 saturated heterocycles. The molecule has 0 unspecified atom stereocenters. The van der Waals surface area contributed by atoms with Gasteiger partial charge in [-0.05, 0) is 61.7 Å². The minimum atomic E-state index is 0.655. The van der Waals surface area contributed by atoms with Crippen molar-refractivity contribution in [2.45, 2.75) is 19.3 Å². The molecular weight excluding hydrogens is 348 g/mol. The van der Waals surface area contributed by atoms with Crippen LogP contribution in [-0.2, 0) is 6.42 Å². The van der Waals surface area contributed by atoms with Gasteiger partial charge < -0.3 is 15.5 Å². The van der Waals surface area contributed by atoms with Crippen LogP contribution in [0.2, 0.25) is 0 Å². The van der Waals surface area contributed by atoms with Crippen molar-refractivity contribution in [1.29, 1.82) is 5.26 Å². The number of aromatic nitrogens is 2. The summed E-state index contributed by atoms with van der Waals surface area (Å²) in [4.78, 5) is 8.40. The van der Waals surface area contributed by atoms with Gasteiger partial charge in [-0.15, -0.1) is 0 Å². The second kappa shape index (κ2) is 7.71. The Balaban J connectivity index is 1.93. The third-order valence-corrected chi connectivity index (χ3v) is 5.07. The van der Waals surface area contributed by atoms with Crippen molar-refractivity contribution in [1.82, 2.24) is 9.97 Å². The minimum Gasteiger partial charge on any atom is -0.496 e. The lowest BCUT2D eigenvalue weighted by atomic mass is 10.0. The zero-order valence-electron chi connectivity index (χ0n) is 15.8. The maximum atomic E-state index is 9.31. The SMILES string of the molecule is COc1cc(-c2[nH]c3ccc(C#N)cc3c2CCCCN)nc2ccccc12. The van der Waals surface area contributed by atoms with Gasteiger partial charge in [-0.25, -0.2) is 4.98 Å². The molecule has 28 heavy (non-hydrogen) atoms. The fraction of sp³-hybridized carbons (Fsp3) is 0.217. The molecule has 0 radical (unpaired) electrons. The van der Waals surface area contributed by atoms with Crippen molar-refractivity contribution in [2.75, 3.05) is 13.7 Å². The van der Waals surface area contributed by atoms with E-state index in [2.05, 4.69) is 11.1 Å². The highest BCUT2D eigenvalue weighted by Gasteiger charge is 2.17. The third kappa shape index (κ3) is 3.19. The molecule has 2 aromatic carbocycles. The summed E-state index contributed by atoms with van der Waals surface area (Å²) in [7, 11) is 1.68. The van der Waals surface area contributed by atoms with Gasteiger partial charge in [0.2, 0.25) is 0 Å². The van der Waals surface area contributed by atoms with Crippen molar-refractivity contribution < 1.29 is 4.74 Å². The highest BCUT2D eigenvalue weighted by Crippen LogP contribution is 2.35. The van der Waals surface area contributed by atoms with E-state index < -0.39 is 0 Å². The molecule has 5 nitrogen and oxygen atoms in total. The van der Waals surface area contributed by atoms with Crippen LogP contribution in [0.4, 0.5) is 0 Å². The summed E-state index contributed by atoms with van der Waals surface area (Å²) >= 11 is 0. The Kier molecular flexibility index (Phi) is 4.96. The number of nitrogens with zero attached hydrogens (tertiary/aromatic N) is 2. The summed E-state index contributed by atoms with van der Waals surface area (Å²) in [5.74, 6) is 0.796. The van der Waals surface area contributed by atoms with Crippen LogP contribution in [-0.4, -0.2) is 23.6 Å². The van der Waals surface area contributed by atoms with Gasteiger partial charge in [-0.3, -0.25) is 0 Å². The molecule has 4 aromatic rings. The van der Waals surface area contributed by atoms with Crippen LogP contribution in [0, 0.1) is 11.3 Å². The number of rotatable bonds is 6. The summed E-state index contributed by atoms with van der Waals surface area (Å²) in [6.45, 7) is 0.670. The molecule has 0 aliphatic heterocycles. The number of fused-ring (bicyclic) bond motifs is 2. The van der Waals surface area contributed by atoms with Crippen LogP contribution >= 0.6 is 0 Å². The van der Waals surface area contributed by atoms with Gasteiger partial charge in [0.1, 0.15) is 5.75 Å². The van der Waals surface area contributed by atoms with E-state index in [9.17, 15) is 5.26 Å². The molecule has 0 bridgehead atoms. The van der Waals surface area contributed by atoms with Crippen LogP contribution < -0.4 is 10.5 Å². The highest BCUT2D eigenvalue weighted by molar-refractivity contribution is 5.93. The van der Waals surface area contributed by atoms with Gasteiger partial charge in [0.15, 0.2) is 0 Å². The number of benzene rings is 2. The summed E-state index contributed by atoms with van der Waals surface area (Å²) in [5.41, 5.74) is 11.2. The molecule has 0 amide bonds. The average molecular weight is 370 g/mol. The van der Waals surface area contributed by atoms with Crippen molar-refractivity contribution >= 4 is 21.8 Å². The number of ether oxygens (including phenoxy) is 1. The number of hydrogen-bond donors (Lipinski definition) is 2. The molecule has 140 valence electrons. The first-order chi connectivity index (χ1) is 13.7. The van der Waals surface area contributed by atoms with Gasteiger partial charge in [0.05, 0.1) is 35.6 Å².